The first-order valence-corrected chi connectivity index (χ1v) is 6.26. The topological polar surface area (TPSA) is 30.5 Å². The number of benzene rings is 1. The van der Waals surface area contributed by atoms with E-state index in [4.69, 9.17) is 21.1 Å². The van der Waals surface area contributed by atoms with Crippen LogP contribution in [-0.2, 0) is 6.42 Å². The van der Waals surface area contributed by atoms with E-state index in [2.05, 4.69) is 5.32 Å². The monoisotopic (exact) mass is 255 g/mol. The van der Waals surface area contributed by atoms with Gasteiger partial charge in [0.1, 0.15) is 0 Å². The fourth-order valence-electron chi connectivity index (χ4n) is 1.82. The molecule has 0 amide bonds. The van der Waals surface area contributed by atoms with Crippen LogP contribution in [0.1, 0.15) is 18.4 Å². The van der Waals surface area contributed by atoms with Crippen LogP contribution in [0, 0.1) is 0 Å². The average molecular weight is 256 g/mol. The van der Waals surface area contributed by atoms with Crippen molar-refractivity contribution in [3.05, 3.63) is 22.7 Å². The number of halogens is 1. The molecule has 0 bridgehead atoms. The van der Waals surface area contributed by atoms with Crippen molar-refractivity contribution in [1.82, 2.24) is 5.32 Å². The number of nitrogens with one attached hydrogen (secondary N) is 1. The maximum Gasteiger partial charge on any atom is 0.179 e. The molecule has 17 heavy (non-hydrogen) atoms. The summed E-state index contributed by atoms with van der Waals surface area (Å²) in [6.07, 6.45) is 3.52. The maximum absolute atomic E-state index is 6.29. The Balaban J connectivity index is 2.04. The van der Waals surface area contributed by atoms with Gasteiger partial charge in [0.2, 0.25) is 0 Å². The van der Waals surface area contributed by atoms with Crippen LogP contribution in [0.5, 0.6) is 11.5 Å². The first kappa shape index (κ1) is 12.5. The number of rotatable bonds is 6. The van der Waals surface area contributed by atoms with Gasteiger partial charge < -0.3 is 14.8 Å². The van der Waals surface area contributed by atoms with E-state index < -0.39 is 0 Å². The van der Waals surface area contributed by atoms with Gasteiger partial charge in [-0.25, -0.2) is 0 Å². The Labute approximate surface area is 107 Å². The molecule has 4 heteroatoms. The van der Waals surface area contributed by atoms with Crippen molar-refractivity contribution in [2.24, 2.45) is 0 Å². The van der Waals surface area contributed by atoms with Crippen LogP contribution in [0.15, 0.2) is 12.1 Å². The van der Waals surface area contributed by atoms with Crippen molar-refractivity contribution < 1.29 is 9.47 Å². The summed E-state index contributed by atoms with van der Waals surface area (Å²) in [5.74, 6) is 1.30. The van der Waals surface area contributed by atoms with Crippen molar-refractivity contribution in [3.63, 3.8) is 0 Å². The zero-order valence-corrected chi connectivity index (χ0v) is 11.0. The lowest BCUT2D eigenvalue weighted by Crippen LogP contribution is -2.19. The summed E-state index contributed by atoms with van der Waals surface area (Å²) in [4.78, 5) is 0. The SMILES string of the molecule is COc1ccc(CCNC2CC2)c(Cl)c1OC. The maximum atomic E-state index is 6.29. The molecule has 0 atom stereocenters. The third-order valence-electron chi connectivity index (χ3n) is 2.97. The number of hydrogen-bond acceptors (Lipinski definition) is 3. The van der Waals surface area contributed by atoms with Crippen LogP contribution in [-0.4, -0.2) is 26.8 Å². The highest BCUT2D eigenvalue weighted by atomic mass is 35.5. The van der Waals surface area contributed by atoms with Crippen LogP contribution in [0.25, 0.3) is 0 Å². The Kier molecular flexibility index (Phi) is 4.13. The lowest BCUT2D eigenvalue weighted by molar-refractivity contribution is 0.354. The molecule has 1 aromatic carbocycles. The van der Waals surface area contributed by atoms with E-state index in [9.17, 15) is 0 Å². The second-order valence-corrected chi connectivity index (χ2v) is 4.63. The van der Waals surface area contributed by atoms with Gasteiger partial charge in [-0.2, -0.15) is 0 Å². The Hall–Kier alpha value is -0.930. The molecule has 1 aromatic rings. The van der Waals surface area contributed by atoms with Crippen LogP contribution in [0.2, 0.25) is 5.02 Å². The van der Waals surface area contributed by atoms with Crippen molar-refractivity contribution in [3.8, 4) is 11.5 Å². The normalized spacial score (nSPS) is 14.8. The molecule has 0 unspecified atom stereocenters. The summed E-state index contributed by atoms with van der Waals surface area (Å²) in [5, 5.41) is 4.12. The van der Waals surface area contributed by atoms with Gasteiger partial charge in [0.05, 0.1) is 19.2 Å². The van der Waals surface area contributed by atoms with E-state index in [1.54, 1.807) is 14.2 Å². The molecule has 1 saturated carbocycles. The quantitative estimate of drug-likeness (QED) is 0.848. The van der Waals surface area contributed by atoms with E-state index >= 15 is 0 Å². The summed E-state index contributed by atoms with van der Waals surface area (Å²) >= 11 is 6.29. The molecule has 1 fully saturated rings. The van der Waals surface area contributed by atoms with E-state index in [1.807, 2.05) is 12.1 Å². The molecule has 94 valence electrons. The zero-order valence-electron chi connectivity index (χ0n) is 10.3. The molecule has 3 nitrogen and oxygen atoms in total. The standard InChI is InChI=1S/C13H18ClNO2/c1-16-11-6-3-9(12(14)13(11)17-2)7-8-15-10-4-5-10/h3,6,10,15H,4-5,7-8H2,1-2H3. The molecular weight excluding hydrogens is 238 g/mol. The number of methoxy groups -OCH3 is 2. The molecule has 1 aliphatic rings. The number of hydrogen-bond donors (Lipinski definition) is 1. The van der Waals surface area contributed by atoms with Crippen LogP contribution in [0.3, 0.4) is 0 Å². The predicted octanol–water partition coefficient (Wildman–Crippen LogP) is 2.65. The second-order valence-electron chi connectivity index (χ2n) is 4.25. The summed E-state index contributed by atoms with van der Waals surface area (Å²) in [6.45, 7) is 0.958. The van der Waals surface area contributed by atoms with Crippen molar-refractivity contribution >= 4 is 11.6 Å². The molecule has 1 N–H and O–H groups in total. The molecule has 0 radical (unpaired) electrons. The Morgan fingerprint density at radius 3 is 2.65 bits per heavy atom. The molecule has 0 aliphatic heterocycles. The molecule has 1 aliphatic carbocycles. The van der Waals surface area contributed by atoms with Crippen LogP contribution < -0.4 is 14.8 Å². The molecule has 0 heterocycles. The minimum absolute atomic E-state index is 0.623. The van der Waals surface area contributed by atoms with Crippen LogP contribution in [0.4, 0.5) is 0 Å². The number of ether oxygens (including phenoxy) is 2. The minimum atomic E-state index is 0.623. The van der Waals surface area contributed by atoms with Gasteiger partial charge in [0.25, 0.3) is 0 Å². The van der Waals surface area contributed by atoms with Gasteiger partial charge in [-0.05, 0) is 37.4 Å². The highest BCUT2D eigenvalue weighted by Crippen LogP contribution is 2.37. The van der Waals surface area contributed by atoms with Crippen LogP contribution >= 0.6 is 11.6 Å². The van der Waals surface area contributed by atoms with Gasteiger partial charge >= 0.3 is 0 Å². The molecule has 2 rings (SSSR count). The van der Waals surface area contributed by atoms with Crippen molar-refractivity contribution in [1.29, 1.82) is 0 Å². The molecule has 0 spiro atoms. The van der Waals surface area contributed by atoms with Crippen molar-refractivity contribution in [2.45, 2.75) is 25.3 Å². The molecular formula is C13H18ClNO2. The lowest BCUT2D eigenvalue weighted by Gasteiger charge is -2.12. The Morgan fingerprint density at radius 1 is 1.29 bits per heavy atom. The Morgan fingerprint density at radius 2 is 2.06 bits per heavy atom. The highest BCUT2D eigenvalue weighted by Gasteiger charge is 2.20. The van der Waals surface area contributed by atoms with E-state index in [1.165, 1.54) is 12.8 Å². The van der Waals surface area contributed by atoms with Gasteiger partial charge in [-0.3, -0.25) is 0 Å². The second kappa shape index (κ2) is 5.61. The van der Waals surface area contributed by atoms with Crippen molar-refractivity contribution in [2.75, 3.05) is 20.8 Å². The van der Waals surface area contributed by atoms with E-state index in [-0.39, 0.29) is 0 Å². The summed E-state index contributed by atoms with van der Waals surface area (Å²) in [6, 6.07) is 4.63. The summed E-state index contributed by atoms with van der Waals surface area (Å²) < 4.78 is 10.5. The highest BCUT2D eigenvalue weighted by molar-refractivity contribution is 6.33. The van der Waals surface area contributed by atoms with Gasteiger partial charge in [0, 0.05) is 6.04 Å². The largest absolute Gasteiger partial charge is 0.493 e. The third-order valence-corrected chi connectivity index (χ3v) is 3.38. The summed E-state index contributed by atoms with van der Waals surface area (Å²) in [7, 11) is 3.22. The predicted molar refractivity (Wildman–Crippen MR) is 69.3 cm³/mol. The van der Waals surface area contributed by atoms with Gasteiger partial charge in [-0.15, -0.1) is 0 Å². The van der Waals surface area contributed by atoms with Gasteiger partial charge in [-0.1, -0.05) is 17.7 Å². The summed E-state index contributed by atoms with van der Waals surface area (Å²) in [5.41, 5.74) is 1.09. The molecule has 0 aromatic heterocycles. The Bertz CT molecular complexity index is 391. The smallest absolute Gasteiger partial charge is 0.179 e. The average Bonchev–Trinajstić information content (AvgIpc) is 3.15. The van der Waals surface area contributed by atoms with E-state index in [0.717, 1.165) is 24.6 Å². The fourth-order valence-corrected chi connectivity index (χ4v) is 2.15. The fraction of sp³-hybridized carbons (Fsp3) is 0.538. The zero-order chi connectivity index (χ0) is 12.3. The molecule has 0 saturated heterocycles. The first-order valence-electron chi connectivity index (χ1n) is 5.89. The van der Waals surface area contributed by atoms with Gasteiger partial charge in [0.15, 0.2) is 11.5 Å². The first-order chi connectivity index (χ1) is 8.26. The lowest BCUT2D eigenvalue weighted by atomic mass is 10.1. The van der Waals surface area contributed by atoms with E-state index in [0.29, 0.717) is 16.5 Å². The minimum Gasteiger partial charge on any atom is -0.493 e. The third kappa shape index (κ3) is 3.05.